The van der Waals surface area contributed by atoms with E-state index in [1.165, 1.54) is 37.3 Å². The number of hydrogen-bond donors (Lipinski definition) is 0. The zero-order valence-electron chi connectivity index (χ0n) is 19.2. The number of methoxy groups -OCH3 is 2. The number of carbonyl (C=O) groups is 1. The Morgan fingerprint density at radius 1 is 1.14 bits per heavy atom. The standard InChI is InChI=1S/C23H21F3N4O6/c1-34-18-10-16(17(30(32)33)11-19(18)35-2)22(31)29-9-3-4-14(12-29)21-28-27-20(36-21)13-5-7-15(8-6-13)23(24,25)26/h5-8,10-11,14H,3-4,9,12H2,1-2H3. The summed E-state index contributed by atoms with van der Waals surface area (Å²) in [5.41, 5.74) is -1.03. The number of nitro groups is 1. The highest BCUT2D eigenvalue weighted by atomic mass is 19.4. The Morgan fingerprint density at radius 3 is 2.42 bits per heavy atom. The van der Waals surface area contributed by atoms with E-state index in [0.29, 0.717) is 24.9 Å². The minimum Gasteiger partial charge on any atom is -0.493 e. The van der Waals surface area contributed by atoms with Gasteiger partial charge >= 0.3 is 6.18 Å². The Bertz CT molecular complexity index is 1280. The van der Waals surface area contributed by atoms with E-state index in [1.54, 1.807) is 0 Å². The summed E-state index contributed by atoms with van der Waals surface area (Å²) in [5.74, 6) is -0.327. The van der Waals surface area contributed by atoms with E-state index in [-0.39, 0.29) is 41.3 Å². The molecule has 4 rings (SSSR count). The first-order valence-corrected chi connectivity index (χ1v) is 10.8. The van der Waals surface area contributed by atoms with E-state index in [0.717, 1.165) is 18.2 Å². The van der Waals surface area contributed by atoms with E-state index in [1.807, 2.05) is 0 Å². The lowest BCUT2D eigenvalue weighted by molar-refractivity contribution is -0.385. The lowest BCUT2D eigenvalue weighted by Gasteiger charge is -2.31. The van der Waals surface area contributed by atoms with Gasteiger partial charge in [0.05, 0.1) is 36.7 Å². The van der Waals surface area contributed by atoms with Crippen molar-refractivity contribution in [2.24, 2.45) is 0 Å². The van der Waals surface area contributed by atoms with Crippen LogP contribution in [-0.2, 0) is 6.18 Å². The number of likely N-dealkylation sites (tertiary alicyclic amines) is 1. The monoisotopic (exact) mass is 506 g/mol. The molecule has 0 aliphatic carbocycles. The smallest absolute Gasteiger partial charge is 0.416 e. The fourth-order valence-corrected chi connectivity index (χ4v) is 4.04. The number of nitrogens with zero attached hydrogens (tertiary/aromatic N) is 4. The van der Waals surface area contributed by atoms with Crippen LogP contribution in [0, 0.1) is 10.1 Å². The highest BCUT2D eigenvalue weighted by Crippen LogP contribution is 2.37. The van der Waals surface area contributed by atoms with Crippen molar-refractivity contribution in [3.8, 4) is 23.0 Å². The molecule has 190 valence electrons. The van der Waals surface area contributed by atoms with E-state index in [9.17, 15) is 28.1 Å². The topological polar surface area (TPSA) is 121 Å². The molecule has 1 aliphatic rings. The van der Waals surface area contributed by atoms with Gasteiger partial charge in [0.25, 0.3) is 11.6 Å². The summed E-state index contributed by atoms with van der Waals surface area (Å²) in [6, 6.07) is 6.76. The number of piperidine rings is 1. The van der Waals surface area contributed by atoms with Gasteiger partial charge < -0.3 is 18.8 Å². The number of amides is 1. The molecule has 36 heavy (non-hydrogen) atoms. The molecule has 0 spiro atoms. The molecule has 1 unspecified atom stereocenters. The Hall–Kier alpha value is -4.16. The van der Waals surface area contributed by atoms with Gasteiger partial charge in [0, 0.05) is 24.7 Å². The zero-order chi connectivity index (χ0) is 26.0. The Labute approximate surface area is 202 Å². The molecule has 1 atom stereocenters. The third kappa shape index (κ3) is 4.95. The van der Waals surface area contributed by atoms with E-state index >= 15 is 0 Å². The molecule has 0 saturated carbocycles. The minimum absolute atomic E-state index is 0.0534. The molecule has 2 heterocycles. The summed E-state index contributed by atoms with van der Waals surface area (Å²) in [7, 11) is 2.69. The van der Waals surface area contributed by atoms with Gasteiger partial charge in [-0.2, -0.15) is 13.2 Å². The maximum absolute atomic E-state index is 13.3. The number of carbonyl (C=O) groups excluding carboxylic acids is 1. The SMILES string of the molecule is COc1cc(C(=O)N2CCCC(c3nnc(-c4ccc(C(F)(F)F)cc4)o3)C2)c([N+](=O)[O-])cc1OC. The van der Waals surface area contributed by atoms with Crippen molar-refractivity contribution < 1.29 is 36.8 Å². The second kappa shape index (κ2) is 9.84. The molecule has 3 aromatic rings. The van der Waals surface area contributed by atoms with Crippen LogP contribution in [0.25, 0.3) is 11.5 Å². The number of aromatic nitrogens is 2. The summed E-state index contributed by atoms with van der Waals surface area (Å²) >= 11 is 0. The van der Waals surface area contributed by atoms with Gasteiger partial charge in [0.15, 0.2) is 11.5 Å². The first kappa shape index (κ1) is 24.9. The number of rotatable bonds is 6. The molecule has 0 radical (unpaired) electrons. The summed E-state index contributed by atoms with van der Waals surface area (Å²) in [6.07, 6.45) is -3.26. The quantitative estimate of drug-likeness (QED) is 0.348. The highest BCUT2D eigenvalue weighted by Gasteiger charge is 2.33. The van der Waals surface area contributed by atoms with E-state index < -0.39 is 28.3 Å². The van der Waals surface area contributed by atoms with Crippen LogP contribution in [0.2, 0.25) is 0 Å². The summed E-state index contributed by atoms with van der Waals surface area (Å²) in [6.45, 7) is 0.527. The maximum Gasteiger partial charge on any atom is 0.416 e. The molecule has 13 heteroatoms. The van der Waals surface area contributed by atoms with Gasteiger partial charge in [-0.1, -0.05) is 0 Å². The molecule has 2 aromatic carbocycles. The van der Waals surface area contributed by atoms with Crippen molar-refractivity contribution in [3.63, 3.8) is 0 Å². The molecule has 0 bridgehead atoms. The van der Waals surface area contributed by atoms with Crippen molar-refractivity contribution in [2.75, 3.05) is 27.3 Å². The number of alkyl halides is 3. The van der Waals surface area contributed by atoms with Gasteiger partial charge in [-0.25, -0.2) is 0 Å². The average molecular weight is 506 g/mol. The Morgan fingerprint density at radius 2 is 1.81 bits per heavy atom. The van der Waals surface area contributed by atoms with Crippen molar-refractivity contribution in [1.29, 1.82) is 0 Å². The normalized spacial score (nSPS) is 16.0. The van der Waals surface area contributed by atoms with Crippen LogP contribution >= 0.6 is 0 Å². The number of benzene rings is 2. The fourth-order valence-electron chi connectivity index (χ4n) is 4.04. The van der Waals surface area contributed by atoms with Gasteiger partial charge in [-0.05, 0) is 37.1 Å². The van der Waals surface area contributed by atoms with E-state index in [4.69, 9.17) is 13.9 Å². The van der Waals surface area contributed by atoms with Crippen LogP contribution in [0.4, 0.5) is 18.9 Å². The van der Waals surface area contributed by atoms with Crippen LogP contribution in [-0.4, -0.2) is 53.2 Å². The van der Waals surface area contributed by atoms with Gasteiger partial charge in [0.2, 0.25) is 11.8 Å². The molecule has 1 saturated heterocycles. The van der Waals surface area contributed by atoms with Crippen molar-refractivity contribution in [1.82, 2.24) is 15.1 Å². The first-order chi connectivity index (χ1) is 17.1. The van der Waals surface area contributed by atoms with Crippen LogP contribution in [0.1, 0.15) is 40.6 Å². The third-order valence-electron chi connectivity index (χ3n) is 5.89. The molecule has 1 aromatic heterocycles. The summed E-state index contributed by atoms with van der Waals surface area (Å²) < 4.78 is 54.4. The van der Waals surface area contributed by atoms with Crippen molar-refractivity contribution >= 4 is 11.6 Å². The fraction of sp³-hybridized carbons (Fsp3) is 0.348. The second-order valence-corrected chi connectivity index (χ2v) is 8.09. The molecule has 1 aliphatic heterocycles. The largest absolute Gasteiger partial charge is 0.493 e. The number of ether oxygens (including phenoxy) is 2. The van der Waals surface area contributed by atoms with Crippen molar-refractivity contribution in [2.45, 2.75) is 24.9 Å². The predicted molar refractivity (Wildman–Crippen MR) is 119 cm³/mol. The zero-order valence-corrected chi connectivity index (χ0v) is 19.2. The van der Waals surface area contributed by atoms with Gasteiger partial charge in [-0.15, -0.1) is 10.2 Å². The minimum atomic E-state index is -4.46. The molecular formula is C23H21F3N4O6. The Kier molecular flexibility index (Phi) is 6.82. The predicted octanol–water partition coefficient (Wildman–Crippen LogP) is 4.70. The molecule has 0 N–H and O–H groups in total. The van der Waals surface area contributed by atoms with Crippen LogP contribution in [0.3, 0.4) is 0 Å². The molecule has 1 amide bonds. The second-order valence-electron chi connectivity index (χ2n) is 8.09. The Balaban J connectivity index is 1.55. The lowest BCUT2D eigenvalue weighted by atomic mass is 9.97. The van der Waals surface area contributed by atoms with Crippen LogP contribution in [0.5, 0.6) is 11.5 Å². The molecule has 1 fully saturated rings. The van der Waals surface area contributed by atoms with Crippen molar-refractivity contribution in [3.05, 3.63) is 63.5 Å². The summed E-state index contributed by atoms with van der Waals surface area (Å²) in [4.78, 5) is 25.7. The molecule has 10 nitrogen and oxygen atoms in total. The summed E-state index contributed by atoms with van der Waals surface area (Å²) in [5, 5.41) is 19.6. The number of nitro benzene ring substituents is 1. The third-order valence-corrected chi connectivity index (χ3v) is 5.89. The lowest BCUT2D eigenvalue weighted by Crippen LogP contribution is -2.39. The van der Waals surface area contributed by atoms with Crippen LogP contribution < -0.4 is 9.47 Å². The number of hydrogen-bond acceptors (Lipinski definition) is 8. The number of halogens is 3. The first-order valence-electron chi connectivity index (χ1n) is 10.8. The van der Waals surface area contributed by atoms with E-state index in [2.05, 4.69) is 10.2 Å². The average Bonchev–Trinajstić information content (AvgIpc) is 3.37. The van der Waals surface area contributed by atoms with Gasteiger partial charge in [0.1, 0.15) is 5.56 Å². The van der Waals surface area contributed by atoms with Gasteiger partial charge in [-0.3, -0.25) is 14.9 Å². The van der Waals surface area contributed by atoms with Crippen LogP contribution in [0.15, 0.2) is 40.8 Å². The highest BCUT2D eigenvalue weighted by molar-refractivity contribution is 5.99. The molecular weight excluding hydrogens is 485 g/mol. The maximum atomic E-state index is 13.3.